The third-order valence-corrected chi connectivity index (χ3v) is 3.26. The van der Waals surface area contributed by atoms with Crippen molar-refractivity contribution in [2.45, 2.75) is 12.2 Å². The van der Waals surface area contributed by atoms with Crippen molar-refractivity contribution in [1.82, 2.24) is 15.3 Å². The van der Waals surface area contributed by atoms with Crippen LogP contribution in [0.1, 0.15) is 0 Å². The number of nitrogens with zero attached hydrogens (tertiary/aromatic N) is 2. The number of carboxylic acids is 1. The molecule has 1 aliphatic heterocycles. The van der Waals surface area contributed by atoms with Gasteiger partial charge in [-0.05, 0) is 24.3 Å². The van der Waals surface area contributed by atoms with Gasteiger partial charge in [-0.25, -0.2) is 4.79 Å². The minimum Gasteiger partial charge on any atom is -0.475 e. The van der Waals surface area contributed by atoms with Gasteiger partial charge in [0.2, 0.25) is 5.91 Å². The van der Waals surface area contributed by atoms with Crippen LogP contribution in [0.5, 0.6) is 0 Å². The molecule has 0 radical (unpaired) electrons. The SMILES string of the molecule is O=C(Nc1ccnc(-c2ccccn2)c1)[C@@H]1C=CCN1.O=C(O)C(F)(F)F. The number of halogens is 3. The van der Waals surface area contributed by atoms with Gasteiger partial charge in [0, 0.05) is 24.6 Å². The van der Waals surface area contributed by atoms with E-state index in [1.54, 1.807) is 18.5 Å². The number of carbonyl (C=O) groups is 2. The van der Waals surface area contributed by atoms with Gasteiger partial charge in [-0.3, -0.25) is 20.1 Å². The number of anilines is 1. The van der Waals surface area contributed by atoms with E-state index in [1.165, 1.54) is 0 Å². The maximum absolute atomic E-state index is 12.0. The van der Waals surface area contributed by atoms with Gasteiger partial charge >= 0.3 is 12.1 Å². The Morgan fingerprint density at radius 2 is 1.85 bits per heavy atom. The molecule has 3 N–H and O–H groups in total. The summed E-state index contributed by atoms with van der Waals surface area (Å²) >= 11 is 0. The number of carboxylic acid groups (broad SMARTS) is 1. The summed E-state index contributed by atoms with van der Waals surface area (Å²) in [6.45, 7) is 0.730. The molecule has 2 aromatic rings. The van der Waals surface area contributed by atoms with Gasteiger partial charge in [0.05, 0.1) is 11.4 Å². The van der Waals surface area contributed by atoms with Crippen LogP contribution in [0.2, 0.25) is 0 Å². The zero-order valence-electron chi connectivity index (χ0n) is 13.8. The molecule has 1 atom stereocenters. The molecule has 0 saturated heterocycles. The molecular formula is C17H15F3N4O3. The van der Waals surface area contributed by atoms with Gasteiger partial charge in [-0.2, -0.15) is 13.2 Å². The average molecular weight is 380 g/mol. The number of aromatic nitrogens is 2. The van der Waals surface area contributed by atoms with Crippen molar-refractivity contribution in [3.05, 3.63) is 54.9 Å². The first-order valence-electron chi connectivity index (χ1n) is 7.66. The lowest BCUT2D eigenvalue weighted by molar-refractivity contribution is -0.192. The summed E-state index contributed by atoms with van der Waals surface area (Å²) in [6, 6.07) is 8.97. The molecule has 3 rings (SSSR count). The van der Waals surface area contributed by atoms with E-state index in [0.29, 0.717) is 5.69 Å². The highest BCUT2D eigenvalue weighted by Gasteiger charge is 2.38. The maximum atomic E-state index is 12.0. The molecule has 27 heavy (non-hydrogen) atoms. The van der Waals surface area contributed by atoms with Crippen LogP contribution in [-0.2, 0) is 9.59 Å². The number of hydrogen-bond donors (Lipinski definition) is 3. The van der Waals surface area contributed by atoms with Crippen LogP contribution in [0, 0.1) is 0 Å². The second-order valence-electron chi connectivity index (χ2n) is 5.25. The summed E-state index contributed by atoms with van der Waals surface area (Å²) in [6.07, 6.45) is 2.10. The van der Waals surface area contributed by atoms with Crippen molar-refractivity contribution in [2.24, 2.45) is 0 Å². The van der Waals surface area contributed by atoms with Crippen molar-refractivity contribution in [2.75, 3.05) is 11.9 Å². The van der Waals surface area contributed by atoms with E-state index < -0.39 is 12.1 Å². The second-order valence-corrected chi connectivity index (χ2v) is 5.25. The Bertz CT molecular complexity index is 826. The average Bonchev–Trinajstić information content (AvgIpc) is 3.17. The number of rotatable bonds is 3. The van der Waals surface area contributed by atoms with Gasteiger partial charge in [-0.1, -0.05) is 18.2 Å². The molecule has 142 valence electrons. The van der Waals surface area contributed by atoms with Crippen molar-refractivity contribution < 1.29 is 27.9 Å². The highest BCUT2D eigenvalue weighted by atomic mass is 19.4. The molecule has 1 amide bonds. The van der Waals surface area contributed by atoms with Crippen LogP contribution < -0.4 is 10.6 Å². The third kappa shape index (κ3) is 6.19. The number of alkyl halides is 3. The van der Waals surface area contributed by atoms with E-state index >= 15 is 0 Å². The fourth-order valence-electron chi connectivity index (χ4n) is 2.03. The molecule has 7 nitrogen and oxygen atoms in total. The molecule has 0 spiro atoms. The van der Waals surface area contributed by atoms with Crippen molar-refractivity contribution in [3.8, 4) is 11.4 Å². The van der Waals surface area contributed by atoms with E-state index in [1.807, 2.05) is 36.4 Å². The highest BCUT2D eigenvalue weighted by Crippen LogP contribution is 2.18. The largest absolute Gasteiger partial charge is 0.490 e. The lowest BCUT2D eigenvalue weighted by atomic mass is 10.2. The molecule has 0 aromatic carbocycles. The topological polar surface area (TPSA) is 104 Å². The van der Waals surface area contributed by atoms with Crippen LogP contribution in [0.25, 0.3) is 11.4 Å². The summed E-state index contributed by atoms with van der Waals surface area (Å²) < 4.78 is 31.7. The van der Waals surface area contributed by atoms with Gasteiger partial charge < -0.3 is 10.4 Å². The van der Waals surface area contributed by atoms with Gasteiger partial charge in [0.25, 0.3) is 0 Å². The number of hydrogen-bond acceptors (Lipinski definition) is 5. The lowest BCUT2D eigenvalue weighted by Crippen LogP contribution is -2.35. The Morgan fingerprint density at radius 3 is 2.41 bits per heavy atom. The molecule has 0 fully saturated rings. The molecular weight excluding hydrogens is 365 g/mol. The highest BCUT2D eigenvalue weighted by molar-refractivity contribution is 5.96. The van der Waals surface area contributed by atoms with Crippen LogP contribution in [-0.4, -0.2) is 45.7 Å². The molecule has 2 aromatic heterocycles. The molecule has 1 aliphatic rings. The number of pyridine rings is 2. The molecule has 0 aliphatic carbocycles. The summed E-state index contributed by atoms with van der Waals surface area (Å²) in [5.41, 5.74) is 2.23. The summed E-state index contributed by atoms with van der Waals surface area (Å²) in [5.74, 6) is -2.83. The zero-order chi connectivity index (χ0) is 19.9. The van der Waals surface area contributed by atoms with E-state index in [9.17, 15) is 18.0 Å². The summed E-state index contributed by atoms with van der Waals surface area (Å²) in [5, 5.41) is 13.1. The molecule has 3 heterocycles. The predicted molar refractivity (Wildman–Crippen MR) is 90.7 cm³/mol. The molecule has 0 saturated carbocycles. The van der Waals surface area contributed by atoms with E-state index in [2.05, 4.69) is 20.6 Å². The molecule has 0 unspecified atom stereocenters. The van der Waals surface area contributed by atoms with E-state index in [-0.39, 0.29) is 11.9 Å². The Labute approximate surface area is 152 Å². The first-order chi connectivity index (χ1) is 12.8. The maximum Gasteiger partial charge on any atom is 0.490 e. The Hall–Kier alpha value is -3.27. The fourth-order valence-corrected chi connectivity index (χ4v) is 2.03. The van der Waals surface area contributed by atoms with Crippen LogP contribution >= 0.6 is 0 Å². The first kappa shape index (κ1) is 20.0. The predicted octanol–water partition coefficient (Wildman–Crippen LogP) is 2.24. The third-order valence-electron chi connectivity index (χ3n) is 3.26. The number of amides is 1. The van der Waals surface area contributed by atoms with Crippen LogP contribution in [0.4, 0.5) is 18.9 Å². The van der Waals surface area contributed by atoms with Gasteiger partial charge in [0.1, 0.15) is 6.04 Å². The summed E-state index contributed by atoms with van der Waals surface area (Å²) in [7, 11) is 0. The Morgan fingerprint density at radius 1 is 1.15 bits per heavy atom. The number of aliphatic carboxylic acids is 1. The fraction of sp³-hybridized carbons (Fsp3) is 0.176. The zero-order valence-corrected chi connectivity index (χ0v) is 13.8. The quantitative estimate of drug-likeness (QED) is 0.706. The van der Waals surface area contributed by atoms with Crippen LogP contribution in [0.3, 0.4) is 0 Å². The lowest BCUT2D eigenvalue weighted by Gasteiger charge is -2.10. The monoisotopic (exact) mass is 380 g/mol. The van der Waals surface area contributed by atoms with Crippen molar-refractivity contribution in [3.63, 3.8) is 0 Å². The number of nitrogens with one attached hydrogen (secondary N) is 2. The molecule has 0 bridgehead atoms. The second kappa shape index (κ2) is 8.90. The first-order valence-corrected chi connectivity index (χ1v) is 7.66. The normalized spacial score (nSPS) is 15.6. The number of carbonyl (C=O) groups excluding carboxylic acids is 1. The Balaban J connectivity index is 0.000000321. The Kier molecular flexibility index (Phi) is 6.61. The standard InChI is InChI=1S/C15H14N4O.C2HF3O2/c20-15(13-5-3-8-17-13)19-11-6-9-18-14(10-11)12-4-1-2-7-16-12;3-2(4,5)1(6)7/h1-7,9-10,13,17H,8H2,(H,18,19,20);(H,6,7)/t13-;/m0./s1. The van der Waals surface area contributed by atoms with Gasteiger partial charge in [0.15, 0.2) is 0 Å². The minimum absolute atomic E-state index is 0.0723. The minimum atomic E-state index is -5.08. The van der Waals surface area contributed by atoms with Crippen molar-refractivity contribution in [1.29, 1.82) is 0 Å². The van der Waals surface area contributed by atoms with E-state index in [4.69, 9.17) is 9.90 Å². The van der Waals surface area contributed by atoms with E-state index in [0.717, 1.165) is 17.9 Å². The van der Waals surface area contributed by atoms with Crippen molar-refractivity contribution >= 4 is 17.6 Å². The smallest absolute Gasteiger partial charge is 0.475 e. The van der Waals surface area contributed by atoms with Crippen LogP contribution in [0.15, 0.2) is 54.9 Å². The summed E-state index contributed by atoms with van der Waals surface area (Å²) in [4.78, 5) is 29.4. The van der Waals surface area contributed by atoms with Gasteiger partial charge in [-0.15, -0.1) is 0 Å². The molecule has 10 heteroatoms.